The second-order valence-corrected chi connectivity index (χ2v) is 8.63. The smallest absolute Gasteiger partial charge is 0.240 e. The first-order valence-corrected chi connectivity index (χ1v) is 10.7. The van der Waals surface area contributed by atoms with Crippen LogP contribution in [0.4, 0.5) is 0 Å². The summed E-state index contributed by atoms with van der Waals surface area (Å²) in [5.41, 5.74) is 2.88. The number of fused-ring (bicyclic) bond motifs is 1. The zero-order valence-corrected chi connectivity index (χ0v) is 16.5. The Bertz CT molecular complexity index is 920. The standard InChI is InChI=1S/C21H25NO4S/c1-3-4-5-21(23)16-7-6-15-13-18(14-17(15)12-16)22-27(24,25)20-10-8-19(26-2)9-11-20/h6-12,18,22H,3-5,13-14H2,1-2H3. The fourth-order valence-corrected chi connectivity index (χ4v) is 4.63. The molecule has 1 N–H and O–H groups in total. The maximum atomic E-state index is 12.6. The predicted octanol–water partition coefficient (Wildman–Crippen LogP) is 3.51. The van der Waals surface area contributed by atoms with Crippen LogP contribution in [-0.2, 0) is 22.9 Å². The molecule has 1 unspecified atom stereocenters. The molecule has 6 heteroatoms. The van der Waals surface area contributed by atoms with Crippen molar-refractivity contribution >= 4 is 15.8 Å². The molecule has 0 aliphatic heterocycles. The highest BCUT2D eigenvalue weighted by Crippen LogP contribution is 2.26. The lowest BCUT2D eigenvalue weighted by Gasteiger charge is -2.13. The first-order chi connectivity index (χ1) is 12.9. The third-order valence-corrected chi connectivity index (χ3v) is 6.45. The maximum absolute atomic E-state index is 12.6. The fourth-order valence-electron chi connectivity index (χ4n) is 3.40. The molecule has 0 heterocycles. The summed E-state index contributed by atoms with van der Waals surface area (Å²) in [5, 5.41) is 0. The topological polar surface area (TPSA) is 72.5 Å². The van der Waals surface area contributed by atoms with E-state index in [1.54, 1.807) is 19.2 Å². The van der Waals surface area contributed by atoms with Crippen molar-refractivity contribution < 1.29 is 17.9 Å². The number of hydrogen-bond acceptors (Lipinski definition) is 4. The first-order valence-electron chi connectivity index (χ1n) is 9.24. The van der Waals surface area contributed by atoms with E-state index in [1.807, 2.05) is 18.2 Å². The van der Waals surface area contributed by atoms with Crippen LogP contribution in [0.25, 0.3) is 0 Å². The van der Waals surface area contributed by atoms with Gasteiger partial charge < -0.3 is 4.74 Å². The number of unbranched alkanes of at least 4 members (excludes halogenated alkanes) is 1. The van der Waals surface area contributed by atoms with Crippen molar-refractivity contribution in [2.24, 2.45) is 0 Å². The molecule has 27 heavy (non-hydrogen) atoms. The number of methoxy groups -OCH3 is 1. The van der Waals surface area contributed by atoms with Gasteiger partial charge in [0.15, 0.2) is 5.78 Å². The van der Waals surface area contributed by atoms with Gasteiger partial charge in [0.05, 0.1) is 12.0 Å². The monoisotopic (exact) mass is 387 g/mol. The molecule has 1 aliphatic carbocycles. The van der Waals surface area contributed by atoms with Crippen molar-refractivity contribution in [3.63, 3.8) is 0 Å². The Hall–Kier alpha value is -2.18. The van der Waals surface area contributed by atoms with Gasteiger partial charge >= 0.3 is 0 Å². The average molecular weight is 388 g/mol. The number of carbonyl (C=O) groups excluding carboxylic acids is 1. The summed E-state index contributed by atoms with van der Waals surface area (Å²) in [5.74, 6) is 0.768. The number of hydrogen-bond donors (Lipinski definition) is 1. The fraction of sp³-hybridized carbons (Fsp3) is 0.381. The van der Waals surface area contributed by atoms with Crippen LogP contribution >= 0.6 is 0 Å². The molecule has 3 rings (SSSR count). The van der Waals surface area contributed by atoms with Gasteiger partial charge in [-0.3, -0.25) is 4.79 Å². The van der Waals surface area contributed by atoms with Gasteiger partial charge in [-0.1, -0.05) is 25.5 Å². The molecule has 0 saturated heterocycles. The van der Waals surface area contributed by atoms with E-state index >= 15 is 0 Å². The molecule has 5 nitrogen and oxygen atoms in total. The molecule has 0 aromatic heterocycles. The molecular formula is C21H25NO4S. The predicted molar refractivity (Wildman–Crippen MR) is 105 cm³/mol. The molecule has 0 radical (unpaired) electrons. The van der Waals surface area contributed by atoms with Gasteiger partial charge in [-0.15, -0.1) is 0 Å². The lowest BCUT2D eigenvalue weighted by atomic mass is 10.0. The third kappa shape index (κ3) is 4.57. The van der Waals surface area contributed by atoms with E-state index in [4.69, 9.17) is 4.74 Å². The van der Waals surface area contributed by atoms with Crippen molar-refractivity contribution in [3.05, 3.63) is 59.2 Å². The van der Waals surface area contributed by atoms with Crippen LogP contribution in [0.5, 0.6) is 5.75 Å². The highest BCUT2D eigenvalue weighted by Gasteiger charge is 2.27. The molecule has 0 amide bonds. The van der Waals surface area contributed by atoms with Crippen LogP contribution in [0, 0.1) is 0 Å². The van der Waals surface area contributed by atoms with Gasteiger partial charge in [0.1, 0.15) is 5.75 Å². The highest BCUT2D eigenvalue weighted by atomic mass is 32.2. The van der Waals surface area contributed by atoms with E-state index in [-0.39, 0.29) is 16.7 Å². The lowest BCUT2D eigenvalue weighted by Crippen LogP contribution is -2.35. The van der Waals surface area contributed by atoms with Crippen LogP contribution in [0.3, 0.4) is 0 Å². The summed E-state index contributed by atoms with van der Waals surface area (Å²) >= 11 is 0. The maximum Gasteiger partial charge on any atom is 0.240 e. The van der Waals surface area contributed by atoms with Gasteiger partial charge in [0.2, 0.25) is 10.0 Å². The minimum Gasteiger partial charge on any atom is -0.497 e. The molecular weight excluding hydrogens is 362 g/mol. The number of nitrogens with one attached hydrogen (secondary N) is 1. The number of ether oxygens (including phenoxy) is 1. The van der Waals surface area contributed by atoms with Gasteiger partial charge in [-0.2, -0.15) is 0 Å². The largest absolute Gasteiger partial charge is 0.497 e. The van der Waals surface area contributed by atoms with Crippen molar-refractivity contribution in [3.8, 4) is 5.75 Å². The summed E-state index contributed by atoms with van der Waals surface area (Å²) in [6, 6.07) is 11.9. The number of Topliss-reactive ketones (excluding diaryl/α,β-unsaturated/α-hetero) is 1. The minimum atomic E-state index is -3.60. The van der Waals surface area contributed by atoms with Crippen molar-refractivity contribution in [1.82, 2.24) is 4.72 Å². The van der Waals surface area contributed by atoms with Crippen LogP contribution in [0.15, 0.2) is 47.4 Å². The molecule has 1 aliphatic rings. The number of rotatable bonds is 8. The molecule has 0 saturated carbocycles. The Morgan fingerprint density at radius 1 is 1.11 bits per heavy atom. The SMILES string of the molecule is CCCCC(=O)c1ccc2c(c1)CC(NS(=O)(=O)c1ccc(OC)cc1)C2. The summed E-state index contributed by atoms with van der Waals surface area (Å²) in [7, 11) is -2.06. The van der Waals surface area contributed by atoms with E-state index in [2.05, 4.69) is 11.6 Å². The zero-order chi connectivity index (χ0) is 19.4. The van der Waals surface area contributed by atoms with Crippen molar-refractivity contribution in [1.29, 1.82) is 0 Å². The molecule has 1 atom stereocenters. The van der Waals surface area contributed by atoms with Gasteiger partial charge in [-0.25, -0.2) is 13.1 Å². The van der Waals surface area contributed by atoms with Crippen LogP contribution < -0.4 is 9.46 Å². The number of ketones is 1. The normalized spacial score (nSPS) is 16.1. The lowest BCUT2D eigenvalue weighted by molar-refractivity contribution is 0.0979. The third-order valence-electron chi connectivity index (χ3n) is 4.91. The minimum absolute atomic E-state index is 0.155. The van der Waals surface area contributed by atoms with E-state index in [0.29, 0.717) is 25.0 Å². The first kappa shape index (κ1) is 19.6. The Balaban J connectivity index is 1.69. The number of carbonyl (C=O) groups is 1. The summed E-state index contributed by atoms with van der Waals surface area (Å²) < 4.78 is 33.1. The van der Waals surface area contributed by atoms with Crippen LogP contribution in [-0.4, -0.2) is 27.4 Å². The van der Waals surface area contributed by atoms with Crippen LogP contribution in [0.2, 0.25) is 0 Å². The quantitative estimate of drug-likeness (QED) is 0.704. The molecule has 2 aromatic carbocycles. The second kappa shape index (κ2) is 8.23. The summed E-state index contributed by atoms with van der Waals surface area (Å²) in [4.78, 5) is 12.4. The Kier molecular flexibility index (Phi) is 5.97. The molecule has 144 valence electrons. The molecule has 2 aromatic rings. The van der Waals surface area contributed by atoms with E-state index in [1.165, 1.54) is 12.1 Å². The van der Waals surface area contributed by atoms with Gasteiger partial charge in [0.25, 0.3) is 0 Å². The summed E-state index contributed by atoms with van der Waals surface area (Å²) in [6.07, 6.45) is 3.67. The molecule has 0 bridgehead atoms. The van der Waals surface area contributed by atoms with Crippen LogP contribution in [0.1, 0.15) is 47.7 Å². The Morgan fingerprint density at radius 2 is 1.81 bits per heavy atom. The number of benzene rings is 2. The van der Waals surface area contributed by atoms with Gasteiger partial charge in [-0.05, 0) is 60.7 Å². The molecule has 0 spiro atoms. The second-order valence-electron chi connectivity index (χ2n) is 6.91. The Labute approximate surface area is 160 Å². The van der Waals surface area contributed by atoms with Crippen molar-refractivity contribution in [2.45, 2.75) is 50.0 Å². The Morgan fingerprint density at radius 3 is 2.48 bits per heavy atom. The molecule has 0 fully saturated rings. The average Bonchev–Trinajstić information content (AvgIpc) is 3.06. The zero-order valence-electron chi connectivity index (χ0n) is 15.7. The highest BCUT2D eigenvalue weighted by molar-refractivity contribution is 7.89. The number of sulfonamides is 1. The van der Waals surface area contributed by atoms with Crippen molar-refractivity contribution in [2.75, 3.05) is 7.11 Å². The van der Waals surface area contributed by atoms with E-state index in [0.717, 1.165) is 29.5 Å². The van der Waals surface area contributed by atoms with E-state index in [9.17, 15) is 13.2 Å². The summed E-state index contributed by atoms with van der Waals surface area (Å²) in [6.45, 7) is 2.06. The van der Waals surface area contributed by atoms with E-state index < -0.39 is 10.0 Å². The van der Waals surface area contributed by atoms with Gasteiger partial charge in [0, 0.05) is 18.0 Å².